The number of unbranched alkanes of at least 4 members (excludes halogenated alkanes) is 8. The van der Waals surface area contributed by atoms with Gasteiger partial charge in [0.25, 0.3) is 0 Å². The normalized spacial score (nSPS) is 13.0. The molecule has 23 heavy (non-hydrogen) atoms. The van der Waals surface area contributed by atoms with Crippen LogP contribution in [-0.2, 0) is 9.59 Å². The molecule has 0 aliphatic heterocycles. The average Bonchev–Trinajstić information content (AvgIpc) is 2.45. The minimum Gasteiger partial charge on any atom is -0.481 e. The maximum atomic E-state index is 12.1. The molecule has 0 saturated heterocycles. The highest BCUT2D eigenvalue weighted by Crippen LogP contribution is 2.25. The van der Waals surface area contributed by atoms with E-state index in [9.17, 15) is 24.9 Å². The number of carboxylic acid groups (broad SMARTS) is 1. The maximum Gasteiger partial charge on any atom is 0.319 e. The SMILES string of the molecule is CCCCCCCCCC(=O)C(C(=O)O)C(O)(O)CCCCC. The van der Waals surface area contributed by atoms with E-state index in [1.807, 2.05) is 6.92 Å². The lowest BCUT2D eigenvalue weighted by Gasteiger charge is -2.27. The van der Waals surface area contributed by atoms with Gasteiger partial charge in [0, 0.05) is 12.8 Å². The molecule has 1 atom stereocenters. The molecular formula is C18H34O5. The average molecular weight is 330 g/mol. The molecule has 0 aromatic carbocycles. The van der Waals surface area contributed by atoms with E-state index in [2.05, 4.69) is 6.92 Å². The summed E-state index contributed by atoms with van der Waals surface area (Å²) in [5.74, 6) is -6.20. The Morgan fingerprint density at radius 3 is 1.83 bits per heavy atom. The number of aliphatic hydroxyl groups is 2. The molecule has 0 spiro atoms. The number of carbonyl (C=O) groups is 2. The molecule has 0 rings (SSSR count). The van der Waals surface area contributed by atoms with Gasteiger partial charge in [-0.25, -0.2) is 0 Å². The van der Waals surface area contributed by atoms with Gasteiger partial charge in [0.2, 0.25) is 0 Å². The largest absolute Gasteiger partial charge is 0.481 e. The molecule has 0 aliphatic carbocycles. The summed E-state index contributed by atoms with van der Waals surface area (Å²) >= 11 is 0. The van der Waals surface area contributed by atoms with Gasteiger partial charge in [-0.3, -0.25) is 9.59 Å². The molecule has 3 N–H and O–H groups in total. The van der Waals surface area contributed by atoms with Crippen molar-refractivity contribution in [1.29, 1.82) is 0 Å². The van der Waals surface area contributed by atoms with E-state index in [1.165, 1.54) is 19.3 Å². The predicted octanol–water partition coefficient (Wildman–Crippen LogP) is 3.66. The molecule has 0 radical (unpaired) electrons. The van der Waals surface area contributed by atoms with Crippen molar-refractivity contribution in [1.82, 2.24) is 0 Å². The summed E-state index contributed by atoms with van der Waals surface area (Å²) in [7, 11) is 0. The number of rotatable bonds is 15. The van der Waals surface area contributed by atoms with Crippen molar-refractivity contribution in [3.63, 3.8) is 0 Å². The van der Waals surface area contributed by atoms with Crippen LogP contribution in [-0.4, -0.2) is 32.9 Å². The highest BCUT2D eigenvalue weighted by molar-refractivity contribution is 5.99. The van der Waals surface area contributed by atoms with E-state index >= 15 is 0 Å². The summed E-state index contributed by atoms with van der Waals surface area (Å²) in [6.07, 6.45) is 9.43. The van der Waals surface area contributed by atoms with Crippen LogP contribution in [0.5, 0.6) is 0 Å². The molecule has 0 aliphatic rings. The number of aliphatic carboxylic acids is 1. The smallest absolute Gasteiger partial charge is 0.319 e. The first kappa shape index (κ1) is 22.1. The number of carboxylic acids is 1. The molecule has 136 valence electrons. The fourth-order valence-corrected chi connectivity index (χ4v) is 2.77. The van der Waals surface area contributed by atoms with Gasteiger partial charge in [0.05, 0.1) is 0 Å². The van der Waals surface area contributed by atoms with Crippen LogP contribution in [0.4, 0.5) is 0 Å². The Kier molecular flexibility index (Phi) is 12.0. The van der Waals surface area contributed by atoms with E-state index in [4.69, 9.17) is 0 Å². The highest BCUT2D eigenvalue weighted by Gasteiger charge is 2.44. The summed E-state index contributed by atoms with van der Waals surface area (Å²) < 4.78 is 0. The molecule has 0 amide bonds. The zero-order valence-corrected chi connectivity index (χ0v) is 14.7. The van der Waals surface area contributed by atoms with Crippen molar-refractivity contribution < 1.29 is 24.9 Å². The summed E-state index contributed by atoms with van der Waals surface area (Å²) in [6, 6.07) is 0. The Bertz CT molecular complexity index is 338. The van der Waals surface area contributed by atoms with Crippen LogP contribution in [0.2, 0.25) is 0 Å². The molecule has 0 bridgehead atoms. The standard InChI is InChI=1S/C18H34O5/c1-3-5-7-8-9-10-11-13-15(19)16(17(20)21)18(22,23)14-12-6-4-2/h16,22-23H,3-14H2,1-2H3,(H,20,21). The molecule has 0 aromatic heterocycles. The van der Waals surface area contributed by atoms with Gasteiger partial charge in [-0.2, -0.15) is 0 Å². The van der Waals surface area contributed by atoms with Gasteiger partial charge < -0.3 is 15.3 Å². The van der Waals surface area contributed by atoms with Crippen LogP contribution in [0.25, 0.3) is 0 Å². The molecule has 5 nitrogen and oxygen atoms in total. The van der Waals surface area contributed by atoms with E-state index in [1.54, 1.807) is 0 Å². The topological polar surface area (TPSA) is 94.8 Å². The molecule has 0 saturated carbocycles. The molecule has 0 fully saturated rings. The lowest BCUT2D eigenvalue weighted by Crippen LogP contribution is -2.46. The second kappa shape index (κ2) is 12.5. The van der Waals surface area contributed by atoms with Crippen LogP contribution < -0.4 is 0 Å². The Labute approximate surface area is 140 Å². The third kappa shape index (κ3) is 9.72. The Morgan fingerprint density at radius 2 is 1.30 bits per heavy atom. The van der Waals surface area contributed by atoms with Gasteiger partial charge >= 0.3 is 5.97 Å². The summed E-state index contributed by atoms with van der Waals surface area (Å²) in [6.45, 7) is 4.12. The van der Waals surface area contributed by atoms with E-state index in [-0.39, 0.29) is 12.8 Å². The van der Waals surface area contributed by atoms with Crippen molar-refractivity contribution in [2.24, 2.45) is 5.92 Å². The summed E-state index contributed by atoms with van der Waals surface area (Å²) in [5, 5.41) is 29.2. The first-order valence-electron chi connectivity index (χ1n) is 9.07. The van der Waals surface area contributed by atoms with Crippen LogP contribution in [0, 0.1) is 5.92 Å². The third-order valence-electron chi connectivity index (χ3n) is 4.21. The maximum absolute atomic E-state index is 12.1. The first-order valence-corrected chi connectivity index (χ1v) is 9.07. The Morgan fingerprint density at radius 1 is 0.826 bits per heavy atom. The van der Waals surface area contributed by atoms with Crippen LogP contribution in [0.1, 0.15) is 90.9 Å². The lowest BCUT2D eigenvalue weighted by molar-refractivity contribution is -0.212. The number of ketones is 1. The van der Waals surface area contributed by atoms with E-state index < -0.39 is 23.5 Å². The minimum absolute atomic E-state index is 0.0828. The van der Waals surface area contributed by atoms with Crippen LogP contribution in [0.15, 0.2) is 0 Å². The van der Waals surface area contributed by atoms with E-state index in [0.29, 0.717) is 12.8 Å². The van der Waals surface area contributed by atoms with Crippen molar-refractivity contribution in [2.75, 3.05) is 0 Å². The zero-order valence-electron chi connectivity index (χ0n) is 14.7. The lowest BCUT2D eigenvalue weighted by atomic mass is 9.87. The van der Waals surface area contributed by atoms with Crippen LogP contribution in [0.3, 0.4) is 0 Å². The van der Waals surface area contributed by atoms with Crippen molar-refractivity contribution in [3.05, 3.63) is 0 Å². The minimum atomic E-state index is -2.45. The Balaban J connectivity index is 4.26. The zero-order chi connectivity index (χ0) is 17.7. The third-order valence-corrected chi connectivity index (χ3v) is 4.21. The molecule has 0 aromatic rings. The quantitative estimate of drug-likeness (QED) is 0.242. The van der Waals surface area contributed by atoms with Crippen molar-refractivity contribution >= 4 is 11.8 Å². The van der Waals surface area contributed by atoms with Gasteiger partial charge in [-0.05, 0) is 12.8 Å². The number of hydrogen-bond acceptors (Lipinski definition) is 4. The fourth-order valence-electron chi connectivity index (χ4n) is 2.77. The molecule has 1 unspecified atom stereocenters. The highest BCUT2D eigenvalue weighted by atomic mass is 16.5. The monoisotopic (exact) mass is 330 g/mol. The predicted molar refractivity (Wildman–Crippen MR) is 90.1 cm³/mol. The van der Waals surface area contributed by atoms with Crippen LogP contribution >= 0.6 is 0 Å². The second-order valence-electron chi connectivity index (χ2n) is 6.44. The van der Waals surface area contributed by atoms with Crippen molar-refractivity contribution in [3.8, 4) is 0 Å². The Hall–Kier alpha value is -0.940. The number of Topliss-reactive ketones (excluding diaryl/α,β-unsaturated/α-hetero) is 1. The fraction of sp³-hybridized carbons (Fsp3) is 0.889. The molecule has 0 heterocycles. The van der Waals surface area contributed by atoms with Crippen molar-refractivity contribution in [2.45, 2.75) is 96.7 Å². The van der Waals surface area contributed by atoms with Gasteiger partial charge in [0.1, 0.15) is 0 Å². The van der Waals surface area contributed by atoms with E-state index in [0.717, 1.165) is 32.1 Å². The molecule has 5 heteroatoms. The summed E-state index contributed by atoms with van der Waals surface area (Å²) in [4.78, 5) is 23.4. The number of carbonyl (C=O) groups excluding carboxylic acids is 1. The molecular weight excluding hydrogens is 296 g/mol. The number of hydrogen-bond donors (Lipinski definition) is 3. The first-order chi connectivity index (χ1) is 10.9. The van der Waals surface area contributed by atoms with Gasteiger partial charge in [-0.1, -0.05) is 65.2 Å². The summed E-state index contributed by atoms with van der Waals surface area (Å²) in [5.41, 5.74) is 0. The van der Waals surface area contributed by atoms with Gasteiger partial charge in [-0.15, -0.1) is 0 Å². The van der Waals surface area contributed by atoms with Gasteiger partial charge in [0.15, 0.2) is 17.5 Å². The second-order valence-corrected chi connectivity index (χ2v) is 6.44.